The molecule has 1 aromatic rings. The van der Waals surface area contributed by atoms with Crippen molar-refractivity contribution in [2.24, 2.45) is 5.41 Å². The molecule has 0 aliphatic carbocycles. The molecule has 0 bridgehead atoms. The summed E-state index contributed by atoms with van der Waals surface area (Å²) in [6, 6.07) is 4.94. The largest absolute Gasteiger partial charge is 0.493 e. The van der Waals surface area contributed by atoms with Crippen LogP contribution in [0.5, 0.6) is 5.75 Å². The Bertz CT molecular complexity index is 388. The Morgan fingerprint density at radius 1 is 1.22 bits per heavy atom. The van der Waals surface area contributed by atoms with Gasteiger partial charge in [-0.15, -0.1) is 0 Å². The Balaban J connectivity index is 2.69. The molecular formula is C13H18F3NO. The summed E-state index contributed by atoms with van der Waals surface area (Å²) >= 11 is 0. The van der Waals surface area contributed by atoms with Crippen LogP contribution in [0.25, 0.3) is 0 Å². The second kappa shape index (κ2) is 5.61. The van der Waals surface area contributed by atoms with Crippen molar-refractivity contribution in [3.8, 4) is 5.75 Å². The monoisotopic (exact) mass is 261 g/mol. The van der Waals surface area contributed by atoms with E-state index >= 15 is 0 Å². The van der Waals surface area contributed by atoms with E-state index in [9.17, 15) is 13.2 Å². The van der Waals surface area contributed by atoms with Gasteiger partial charge in [0.2, 0.25) is 0 Å². The molecule has 1 aromatic carbocycles. The van der Waals surface area contributed by atoms with Crippen LogP contribution in [0.1, 0.15) is 19.4 Å². The number of hydrogen-bond acceptors (Lipinski definition) is 2. The second-order valence-electron chi connectivity index (χ2n) is 5.01. The van der Waals surface area contributed by atoms with Crippen LogP contribution in [0.15, 0.2) is 24.3 Å². The zero-order valence-corrected chi connectivity index (χ0v) is 10.8. The second-order valence-corrected chi connectivity index (χ2v) is 5.01. The molecule has 0 radical (unpaired) electrons. The van der Waals surface area contributed by atoms with Gasteiger partial charge in [0, 0.05) is 12.0 Å². The van der Waals surface area contributed by atoms with E-state index in [0.29, 0.717) is 6.61 Å². The fourth-order valence-corrected chi connectivity index (χ4v) is 1.57. The van der Waals surface area contributed by atoms with E-state index in [1.165, 1.54) is 12.1 Å². The number of nitrogens with one attached hydrogen (secondary N) is 1. The summed E-state index contributed by atoms with van der Waals surface area (Å²) in [5.74, 6) is 0.244. The summed E-state index contributed by atoms with van der Waals surface area (Å²) < 4.78 is 42.9. The van der Waals surface area contributed by atoms with Gasteiger partial charge in [-0.25, -0.2) is 0 Å². The third-order valence-corrected chi connectivity index (χ3v) is 2.45. The quantitative estimate of drug-likeness (QED) is 0.877. The van der Waals surface area contributed by atoms with Crippen LogP contribution in [-0.4, -0.2) is 20.2 Å². The van der Waals surface area contributed by atoms with E-state index in [4.69, 9.17) is 4.74 Å². The Morgan fingerprint density at radius 2 is 1.89 bits per heavy atom. The molecule has 1 rings (SSSR count). The molecule has 0 heterocycles. The summed E-state index contributed by atoms with van der Waals surface area (Å²) in [7, 11) is 1.83. The first-order chi connectivity index (χ1) is 8.24. The predicted molar refractivity (Wildman–Crippen MR) is 64.6 cm³/mol. The van der Waals surface area contributed by atoms with Crippen molar-refractivity contribution in [2.75, 3.05) is 20.2 Å². The summed E-state index contributed by atoms with van der Waals surface area (Å²) in [4.78, 5) is 0. The summed E-state index contributed by atoms with van der Waals surface area (Å²) in [6.45, 7) is 5.05. The maximum Gasteiger partial charge on any atom is 0.416 e. The maximum atomic E-state index is 12.5. The molecule has 0 amide bonds. The van der Waals surface area contributed by atoms with Crippen molar-refractivity contribution in [3.63, 3.8) is 0 Å². The van der Waals surface area contributed by atoms with Gasteiger partial charge < -0.3 is 10.1 Å². The minimum Gasteiger partial charge on any atom is -0.493 e. The SMILES string of the molecule is CNCC(C)(C)COc1cccc(C(F)(F)F)c1. The van der Waals surface area contributed by atoms with Crippen molar-refractivity contribution < 1.29 is 17.9 Å². The summed E-state index contributed by atoms with van der Waals surface area (Å²) in [6.07, 6.45) is -4.33. The Hall–Kier alpha value is -1.23. The predicted octanol–water partition coefficient (Wildman–Crippen LogP) is 3.33. The van der Waals surface area contributed by atoms with Gasteiger partial charge in [-0.05, 0) is 25.2 Å². The van der Waals surface area contributed by atoms with Gasteiger partial charge in [-0.3, -0.25) is 0 Å². The first-order valence-corrected chi connectivity index (χ1v) is 5.69. The van der Waals surface area contributed by atoms with Crippen molar-refractivity contribution in [2.45, 2.75) is 20.0 Å². The lowest BCUT2D eigenvalue weighted by Gasteiger charge is -2.24. The lowest BCUT2D eigenvalue weighted by atomic mass is 9.95. The van der Waals surface area contributed by atoms with Crippen LogP contribution in [0.2, 0.25) is 0 Å². The molecule has 0 spiro atoms. The van der Waals surface area contributed by atoms with Gasteiger partial charge in [0.1, 0.15) is 5.75 Å². The normalized spacial score (nSPS) is 12.6. The molecule has 0 aromatic heterocycles. The fourth-order valence-electron chi connectivity index (χ4n) is 1.57. The number of ether oxygens (including phenoxy) is 1. The van der Waals surface area contributed by atoms with Crippen LogP contribution in [-0.2, 0) is 6.18 Å². The van der Waals surface area contributed by atoms with Crippen LogP contribution in [0.3, 0.4) is 0 Å². The number of rotatable bonds is 5. The molecule has 102 valence electrons. The summed E-state index contributed by atoms with van der Waals surface area (Å²) in [5.41, 5.74) is -0.824. The third kappa shape index (κ3) is 4.56. The molecule has 0 aliphatic heterocycles. The molecule has 18 heavy (non-hydrogen) atoms. The van der Waals surface area contributed by atoms with E-state index < -0.39 is 11.7 Å². The highest BCUT2D eigenvalue weighted by atomic mass is 19.4. The van der Waals surface area contributed by atoms with Crippen molar-refractivity contribution in [3.05, 3.63) is 29.8 Å². The smallest absolute Gasteiger partial charge is 0.416 e. The van der Waals surface area contributed by atoms with Gasteiger partial charge in [0.05, 0.1) is 12.2 Å². The van der Waals surface area contributed by atoms with E-state index in [1.54, 1.807) is 0 Å². The van der Waals surface area contributed by atoms with Crippen molar-refractivity contribution >= 4 is 0 Å². The number of halogens is 3. The van der Waals surface area contributed by atoms with Crippen molar-refractivity contribution in [1.29, 1.82) is 0 Å². The van der Waals surface area contributed by atoms with E-state index in [2.05, 4.69) is 5.32 Å². The molecule has 2 nitrogen and oxygen atoms in total. The zero-order chi connectivity index (χ0) is 13.8. The van der Waals surface area contributed by atoms with Gasteiger partial charge >= 0.3 is 6.18 Å². The average Bonchev–Trinajstić information content (AvgIpc) is 2.26. The molecule has 0 atom stereocenters. The van der Waals surface area contributed by atoms with Gasteiger partial charge in [-0.2, -0.15) is 13.2 Å². The zero-order valence-electron chi connectivity index (χ0n) is 10.8. The molecule has 1 N–H and O–H groups in total. The van der Waals surface area contributed by atoms with Crippen LogP contribution < -0.4 is 10.1 Å². The van der Waals surface area contributed by atoms with E-state index in [0.717, 1.165) is 18.7 Å². The van der Waals surface area contributed by atoms with Gasteiger partial charge in [-0.1, -0.05) is 19.9 Å². The number of alkyl halides is 3. The van der Waals surface area contributed by atoms with Gasteiger partial charge in [0.25, 0.3) is 0 Å². The minimum absolute atomic E-state index is 0.136. The molecule has 0 aliphatic rings. The fraction of sp³-hybridized carbons (Fsp3) is 0.538. The number of benzene rings is 1. The Morgan fingerprint density at radius 3 is 2.44 bits per heavy atom. The third-order valence-electron chi connectivity index (χ3n) is 2.45. The van der Waals surface area contributed by atoms with E-state index in [1.807, 2.05) is 20.9 Å². The Labute approximate surface area is 105 Å². The molecule has 0 unspecified atom stereocenters. The van der Waals surface area contributed by atoms with Crippen LogP contribution in [0, 0.1) is 5.41 Å². The molecule has 5 heteroatoms. The Kier molecular flexibility index (Phi) is 4.62. The lowest BCUT2D eigenvalue weighted by Crippen LogP contribution is -2.32. The highest BCUT2D eigenvalue weighted by Crippen LogP contribution is 2.31. The lowest BCUT2D eigenvalue weighted by molar-refractivity contribution is -0.137. The van der Waals surface area contributed by atoms with Crippen LogP contribution >= 0.6 is 0 Å². The van der Waals surface area contributed by atoms with Gasteiger partial charge in [0.15, 0.2) is 0 Å². The number of hydrogen-bond donors (Lipinski definition) is 1. The summed E-state index contributed by atoms with van der Waals surface area (Å²) in [5, 5.41) is 3.02. The molecule has 0 fully saturated rings. The highest BCUT2D eigenvalue weighted by molar-refractivity contribution is 5.30. The minimum atomic E-state index is -4.33. The van der Waals surface area contributed by atoms with E-state index in [-0.39, 0.29) is 11.2 Å². The molecule has 0 saturated carbocycles. The average molecular weight is 261 g/mol. The van der Waals surface area contributed by atoms with Crippen LogP contribution in [0.4, 0.5) is 13.2 Å². The first-order valence-electron chi connectivity index (χ1n) is 5.69. The molecular weight excluding hydrogens is 243 g/mol. The standard InChI is InChI=1S/C13H18F3NO/c1-12(2,8-17-3)9-18-11-6-4-5-10(7-11)13(14,15)16/h4-7,17H,8-9H2,1-3H3. The maximum absolute atomic E-state index is 12.5. The molecule has 0 saturated heterocycles. The van der Waals surface area contributed by atoms with Crippen molar-refractivity contribution in [1.82, 2.24) is 5.32 Å². The first kappa shape index (κ1) is 14.8. The highest BCUT2D eigenvalue weighted by Gasteiger charge is 2.30. The topological polar surface area (TPSA) is 21.3 Å².